The lowest BCUT2D eigenvalue weighted by molar-refractivity contribution is 0.326. The second-order valence-electron chi connectivity index (χ2n) is 2.71. The largest absolute Gasteiger partial charge is 0.320 e. The van der Waals surface area contributed by atoms with Gasteiger partial charge in [0.05, 0.1) is 6.01 Å². The van der Waals surface area contributed by atoms with Gasteiger partial charge in [-0.25, -0.2) is 10.4 Å². The van der Waals surface area contributed by atoms with Crippen molar-refractivity contribution in [3.05, 3.63) is 0 Å². The molecule has 4 nitrogen and oxygen atoms in total. The van der Waals surface area contributed by atoms with Crippen LogP contribution in [0.1, 0.15) is 19.8 Å². The minimum atomic E-state index is -0.301. The molecule has 0 radical (unpaired) electrons. The molecule has 4 heteroatoms. The Bertz CT molecular complexity index is 156. The van der Waals surface area contributed by atoms with Crippen LogP contribution >= 0.6 is 0 Å². The lowest BCUT2D eigenvalue weighted by Crippen LogP contribution is -2.42. The predicted octanol–water partition coefficient (Wildman–Crippen LogP) is 0.674. The Kier molecular flexibility index (Phi) is 5.54. The van der Waals surface area contributed by atoms with Crippen LogP contribution in [0.2, 0.25) is 0 Å². The van der Waals surface area contributed by atoms with E-state index >= 15 is 0 Å². The summed E-state index contributed by atoms with van der Waals surface area (Å²) in [5.74, 6) is 0. The van der Waals surface area contributed by atoms with E-state index in [4.69, 9.17) is 5.41 Å². The Labute approximate surface area is 74.0 Å². The maximum Gasteiger partial charge on any atom is 0.122 e. The molecule has 0 aromatic carbocycles. The zero-order chi connectivity index (χ0) is 9.45. The molecule has 0 bridgehead atoms. The fourth-order valence-electron chi connectivity index (χ4n) is 1.11. The lowest BCUT2D eigenvalue weighted by Gasteiger charge is -2.26. The maximum atomic E-state index is 6.82. The van der Waals surface area contributed by atoms with Crippen LogP contribution in [0, 0.1) is 5.41 Å². The molecule has 0 amide bonds. The summed E-state index contributed by atoms with van der Waals surface area (Å²) >= 11 is 0. The summed E-state index contributed by atoms with van der Waals surface area (Å²) < 4.78 is 0. The van der Waals surface area contributed by atoms with E-state index in [0.29, 0.717) is 0 Å². The van der Waals surface area contributed by atoms with Gasteiger partial charge in [0.25, 0.3) is 0 Å². The molecule has 0 rings (SSSR count). The summed E-state index contributed by atoms with van der Waals surface area (Å²) in [6.07, 6.45) is 1.75. The molecule has 0 aliphatic rings. The monoisotopic (exact) mass is 170 g/mol. The average Bonchev–Trinajstić information content (AvgIpc) is 2.13. The van der Waals surface area contributed by atoms with Gasteiger partial charge in [-0.15, -0.1) is 0 Å². The topological polar surface area (TPSA) is 60.3 Å². The lowest BCUT2D eigenvalue weighted by atomic mass is 10.0. The summed E-state index contributed by atoms with van der Waals surface area (Å²) in [4.78, 5) is 4.00. The van der Waals surface area contributed by atoms with Crippen LogP contribution < -0.4 is 10.6 Å². The average molecular weight is 170 g/mol. The Balaban J connectivity index is 4.24. The standard InChI is InChI=1S/C8H18N4/c1-4-8(11-3,12-7-9)5-6-10-2/h9-11H,4-6H2,1-3H3. The Morgan fingerprint density at radius 1 is 1.50 bits per heavy atom. The first-order valence-corrected chi connectivity index (χ1v) is 4.21. The number of nitrogens with zero attached hydrogens (tertiary/aromatic N) is 1. The van der Waals surface area contributed by atoms with E-state index in [0.717, 1.165) is 19.4 Å². The smallest absolute Gasteiger partial charge is 0.122 e. The van der Waals surface area contributed by atoms with Crippen molar-refractivity contribution in [2.45, 2.75) is 25.4 Å². The molecule has 0 aliphatic heterocycles. The Morgan fingerprint density at radius 3 is 2.50 bits per heavy atom. The van der Waals surface area contributed by atoms with Crippen molar-refractivity contribution in [2.75, 3.05) is 20.6 Å². The molecule has 0 spiro atoms. The van der Waals surface area contributed by atoms with Gasteiger partial charge in [0, 0.05) is 0 Å². The molecule has 0 aliphatic carbocycles. The number of aliphatic imine (C=N–C) groups is 1. The molecule has 3 N–H and O–H groups in total. The van der Waals surface area contributed by atoms with E-state index in [9.17, 15) is 0 Å². The van der Waals surface area contributed by atoms with Crippen molar-refractivity contribution in [1.29, 1.82) is 5.41 Å². The maximum absolute atomic E-state index is 6.82. The van der Waals surface area contributed by atoms with Gasteiger partial charge in [0.15, 0.2) is 0 Å². The van der Waals surface area contributed by atoms with Crippen LogP contribution in [0.5, 0.6) is 0 Å². The zero-order valence-corrected chi connectivity index (χ0v) is 8.07. The first-order valence-electron chi connectivity index (χ1n) is 4.21. The van der Waals surface area contributed by atoms with Crippen LogP contribution in [0.15, 0.2) is 4.99 Å². The highest BCUT2D eigenvalue weighted by Crippen LogP contribution is 2.14. The summed E-state index contributed by atoms with van der Waals surface area (Å²) in [6, 6.07) is 2.10. The van der Waals surface area contributed by atoms with Crippen molar-refractivity contribution in [3.63, 3.8) is 0 Å². The fraction of sp³-hybridized carbons (Fsp3) is 0.875. The molecule has 0 aromatic heterocycles. The highest BCUT2D eigenvalue weighted by molar-refractivity contribution is 5.37. The zero-order valence-electron chi connectivity index (χ0n) is 8.07. The fourth-order valence-corrected chi connectivity index (χ4v) is 1.11. The molecular weight excluding hydrogens is 152 g/mol. The number of nitrogens with one attached hydrogen (secondary N) is 3. The van der Waals surface area contributed by atoms with E-state index in [-0.39, 0.29) is 5.66 Å². The van der Waals surface area contributed by atoms with Gasteiger partial charge in [-0.1, -0.05) is 6.92 Å². The Morgan fingerprint density at radius 2 is 2.17 bits per heavy atom. The van der Waals surface area contributed by atoms with Crippen molar-refractivity contribution < 1.29 is 0 Å². The minimum Gasteiger partial charge on any atom is -0.320 e. The number of rotatable bonds is 6. The molecule has 1 atom stereocenters. The first kappa shape index (κ1) is 11.3. The first-order chi connectivity index (χ1) is 5.74. The molecular formula is C8H18N4. The summed E-state index contributed by atoms with van der Waals surface area (Å²) in [5, 5.41) is 13.0. The van der Waals surface area contributed by atoms with Crippen LogP contribution in [0.4, 0.5) is 0 Å². The van der Waals surface area contributed by atoms with Gasteiger partial charge in [0.2, 0.25) is 0 Å². The third-order valence-electron chi connectivity index (χ3n) is 2.11. The van der Waals surface area contributed by atoms with Crippen LogP contribution in [0.3, 0.4) is 0 Å². The molecule has 0 aromatic rings. The van der Waals surface area contributed by atoms with Crippen LogP contribution in [-0.2, 0) is 0 Å². The van der Waals surface area contributed by atoms with Gasteiger partial charge in [0.1, 0.15) is 5.66 Å². The van der Waals surface area contributed by atoms with Gasteiger partial charge < -0.3 is 5.32 Å². The molecule has 0 fully saturated rings. The second kappa shape index (κ2) is 5.89. The number of hydrogen-bond acceptors (Lipinski definition) is 4. The van der Waals surface area contributed by atoms with Crippen molar-refractivity contribution in [1.82, 2.24) is 10.6 Å². The third-order valence-corrected chi connectivity index (χ3v) is 2.11. The van der Waals surface area contributed by atoms with E-state index in [1.807, 2.05) is 21.0 Å². The van der Waals surface area contributed by atoms with Gasteiger partial charge in [-0.05, 0) is 33.5 Å². The van der Waals surface area contributed by atoms with Gasteiger partial charge in [-0.2, -0.15) is 0 Å². The second-order valence-corrected chi connectivity index (χ2v) is 2.71. The minimum absolute atomic E-state index is 0.301. The summed E-state index contributed by atoms with van der Waals surface area (Å²) in [6.45, 7) is 2.94. The highest BCUT2D eigenvalue weighted by Gasteiger charge is 2.23. The molecule has 70 valence electrons. The van der Waals surface area contributed by atoms with Crippen LogP contribution in [-0.4, -0.2) is 32.3 Å². The molecule has 0 saturated carbocycles. The van der Waals surface area contributed by atoms with Crippen molar-refractivity contribution in [3.8, 4) is 0 Å². The van der Waals surface area contributed by atoms with Crippen molar-refractivity contribution >= 4 is 6.01 Å². The molecule has 0 saturated heterocycles. The van der Waals surface area contributed by atoms with Gasteiger partial charge in [-0.3, -0.25) is 5.32 Å². The normalized spacial score (nSPS) is 14.9. The molecule has 12 heavy (non-hydrogen) atoms. The summed E-state index contributed by atoms with van der Waals surface area (Å²) in [5.41, 5.74) is -0.301. The third kappa shape index (κ3) is 3.13. The SMILES string of the molecule is CCC(CCNC)(N=C=N)NC. The quantitative estimate of drug-likeness (QED) is 0.513. The van der Waals surface area contributed by atoms with E-state index in [1.165, 1.54) is 0 Å². The van der Waals surface area contributed by atoms with E-state index < -0.39 is 0 Å². The number of hydrogen-bond donors (Lipinski definition) is 3. The molecule has 0 heterocycles. The van der Waals surface area contributed by atoms with Gasteiger partial charge >= 0.3 is 0 Å². The Hall–Kier alpha value is -0.700. The van der Waals surface area contributed by atoms with Crippen molar-refractivity contribution in [2.24, 2.45) is 4.99 Å². The molecule has 1 unspecified atom stereocenters. The van der Waals surface area contributed by atoms with E-state index in [1.54, 1.807) is 0 Å². The summed E-state index contributed by atoms with van der Waals surface area (Å²) in [7, 11) is 3.77. The highest BCUT2D eigenvalue weighted by atomic mass is 15.1. The predicted molar refractivity (Wildman–Crippen MR) is 50.8 cm³/mol. The van der Waals surface area contributed by atoms with E-state index in [2.05, 4.69) is 21.6 Å². The van der Waals surface area contributed by atoms with Crippen LogP contribution in [0.25, 0.3) is 0 Å².